The van der Waals surface area contributed by atoms with E-state index in [9.17, 15) is 0 Å². The molecule has 2 saturated carbocycles. The van der Waals surface area contributed by atoms with Gasteiger partial charge in [-0.3, -0.25) is 0 Å². The van der Waals surface area contributed by atoms with Crippen LogP contribution in [0.2, 0.25) is 0 Å². The standard InChI is InChI=1S/C26H31BrN2/c1-25-13-11-18(27)15-17(25)7-8-19-20-9-10-24(26(20,2)14-12-21(19)25)29-16-28-22-5-3-4-6-23(22)29/h3-7,10,16,18-21H,8-9,11-15H2,1-2H3/t18-,19-,20-,21-,25-,26-/m0/s1. The van der Waals surface area contributed by atoms with Gasteiger partial charge in [0.05, 0.1) is 11.0 Å². The average molecular weight is 451 g/mol. The maximum Gasteiger partial charge on any atom is 0.100 e. The predicted octanol–water partition coefficient (Wildman–Crippen LogP) is 7.21. The van der Waals surface area contributed by atoms with E-state index in [0.29, 0.717) is 10.2 Å². The zero-order valence-electron chi connectivity index (χ0n) is 17.6. The molecule has 0 bridgehead atoms. The van der Waals surface area contributed by atoms with Crippen molar-refractivity contribution in [1.82, 2.24) is 9.55 Å². The molecule has 152 valence electrons. The maximum atomic E-state index is 4.69. The number of fused-ring (bicyclic) bond motifs is 6. The topological polar surface area (TPSA) is 17.8 Å². The van der Waals surface area contributed by atoms with E-state index in [1.165, 1.54) is 56.2 Å². The van der Waals surface area contributed by atoms with Crippen LogP contribution < -0.4 is 0 Å². The highest BCUT2D eigenvalue weighted by atomic mass is 79.9. The molecule has 1 aromatic carbocycles. The van der Waals surface area contributed by atoms with Crippen LogP contribution >= 0.6 is 15.9 Å². The summed E-state index contributed by atoms with van der Waals surface area (Å²) in [4.78, 5) is 5.39. The fourth-order valence-corrected chi connectivity index (χ4v) is 8.26. The van der Waals surface area contributed by atoms with Gasteiger partial charge >= 0.3 is 0 Å². The Morgan fingerprint density at radius 3 is 2.72 bits per heavy atom. The van der Waals surface area contributed by atoms with Crippen LogP contribution in [0, 0.1) is 28.6 Å². The molecule has 3 heteroatoms. The van der Waals surface area contributed by atoms with Gasteiger partial charge in [0.25, 0.3) is 0 Å². The van der Waals surface area contributed by atoms with Crippen molar-refractivity contribution in [2.75, 3.05) is 0 Å². The first kappa shape index (κ1) is 18.4. The van der Waals surface area contributed by atoms with Gasteiger partial charge in [-0.1, -0.05) is 59.6 Å². The number of alkyl halides is 1. The Labute approximate surface area is 182 Å². The summed E-state index contributed by atoms with van der Waals surface area (Å²) < 4.78 is 2.40. The summed E-state index contributed by atoms with van der Waals surface area (Å²) in [5.41, 5.74) is 6.37. The lowest BCUT2D eigenvalue weighted by atomic mass is 9.48. The zero-order chi connectivity index (χ0) is 19.8. The first-order valence-electron chi connectivity index (χ1n) is 11.5. The number of hydrogen-bond acceptors (Lipinski definition) is 1. The normalized spacial score (nSPS) is 41.3. The van der Waals surface area contributed by atoms with E-state index in [1.54, 1.807) is 5.57 Å². The Morgan fingerprint density at radius 2 is 1.83 bits per heavy atom. The smallest absolute Gasteiger partial charge is 0.100 e. The molecule has 0 radical (unpaired) electrons. The van der Waals surface area contributed by atoms with Crippen LogP contribution in [0.5, 0.6) is 0 Å². The van der Waals surface area contributed by atoms with Crippen LogP contribution in [0.4, 0.5) is 0 Å². The lowest BCUT2D eigenvalue weighted by molar-refractivity contribution is -0.0106. The van der Waals surface area contributed by atoms with Gasteiger partial charge in [-0.2, -0.15) is 0 Å². The second-order valence-corrected chi connectivity index (χ2v) is 11.8. The van der Waals surface area contributed by atoms with E-state index < -0.39 is 0 Å². The molecule has 0 N–H and O–H groups in total. The Balaban J connectivity index is 1.36. The summed E-state index contributed by atoms with van der Waals surface area (Å²) in [6, 6.07) is 8.58. The second-order valence-electron chi connectivity index (χ2n) is 10.5. The van der Waals surface area contributed by atoms with E-state index in [1.807, 2.05) is 0 Å². The van der Waals surface area contributed by atoms with Gasteiger partial charge in [-0.15, -0.1) is 0 Å². The third-order valence-electron chi connectivity index (χ3n) is 9.30. The lowest BCUT2D eigenvalue weighted by Gasteiger charge is -2.57. The van der Waals surface area contributed by atoms with Crippen LogP contribution in [-0.4, -0.2) is 14.4 Å². The van der Waals surface area contributed by atoms with Crippen LogP contribution in [0.25, 0.3) is 16.7 Å². The highest BCUT2D eigenvalue weighted by Gasteiger charge is 2.57. The monoisotopic (exact) mass is 450 g/mol. The Kier molecular flexibility index (Phi) is 4.02. The molecule has 1 heterocycles. The summed E-state index contributed by atoms with van der Waals surface area (Å²) in [6.45, 7) is 5.16. The molecule has 6 atom stereocenters. The molecule has 1 aromatic heterocycles. The molecular weight excluding hydrogens is 420 g/mol. The maximum absolute atomic E-state index is 4.69. The number of hydrogen-bond donors (Lipinski definition) is 0. The number of benzene rings is 1. The highest BCUT2D eigenvalue weighted by Crippen LogP contribution is 2.66. The molecule has 0 aliphatic heterocycles. The van der Waals surface area contributed by atoms with Crippen LogP contribution in [0.3, 0.4) is 0 Å². The third-order valence-corrected chi connectivity index (χ3v) is 10.1. The van der Waals surface area contributed by atoms with Crippen molar-refractivity contribution < 1.29 is 0 Å². The molecular formula is C26H31BrN2. The van der Waals surface area contributed by atoms with Crippen LogP contribution in [0.15, 0.2) is 48.3 Å². The molecule has 0 unspecified atom stereocenters. The predicted molar refractivity (Wildman–Crippen MR) is 124 cm³/mol. The van der Waals surface area contributed by atoms with E-state index in [-0.39, 0.29) is 5.41 Å². The highest BCUT2D eigenvalue weighted by molar-refractivity contribution is 9.09. The number of allylic oxidation sites excluding steroid dienone is 4. The molecule has 4 aliphatic carbocycles. The van der Waals surface area contributed by atoms with Gasteiger partial charge in [-0.25, -0.2) is 4.98 Å². The fraction of sp³-hybridized carbons (Fsp3) is 0.577. The van der Waals surface area contributed by atoms with Crippen LogP contribution in [0.1, 0.15) is 58.8 Å². The summed E-state index contributed by atoms with van der Waals surface area (Å²) in [5.74, 6) is 2.47. The molecule has 2 aromatic rings. The molecule has 4 aliphatic rings. The first-order chi connectivity index (χ1) is 14.0. The molecule has 2 fully saturated rings. The third kappa shape index (κ3) is 2.49. The minimum absolute atomic E-state index is 0.277. The van der Waals surface area contributed by atoms with Gasteiger partial charge in [-0.05, 0) is 80.2 Å². The molecule has 6 rings (SSSR count). The van der Waals surface area contributed by atoms with Crippen molar-refractivity contribution in [3.8, 4) is 0 Å². The van der Waals surface area contributed by atoms with Crippen molar-refractivity contribution >= 4 is 32.7 Å². The number of imidazole rings is 1. The Morgan fingerprint density at radius 1 is 1.00 bits per heavy atom. The van der Waals surface area contributed by atoms with Crippen LogP contribution in [-0.2, 0) is 0 Å². The van der Waals surface area contributed by atoms with E-state index >= 15 is 0 Å². The molecule has 2 nitrogen and oxygen atoms in total. The molecule has 0 amide bonds. The van der Waals surface area contributed by atoms with Gasteiger partial charge < -0.3 is 4.57 Å². The number of halogens is 1. The fourth-order valence-electron chi connectivity index (χ4n) is 7.69. The number of rotatable bonds is 1. The molecule has 0 saturated heterocycles. The van der Waals surface area contributed by atoms with Crippen molar-refractivity contribution in [2.45, 2.75) is 63.6 Å². The van der Waals surface area contributed by atoms with Crippen molar-refractivity contribution in [2.24, 2.45) is 28.6 Å². The van der Waals surface area contributed by atoms with Crippen molar-refractivity contribution in [3.63, 3.8) is 0 Å². The Hall–Kier alpha value is -1.35. The lowest BCUT2D eigenvalue weighted by Crippen LogP contribution is -2.49. The van der Waals surface area contributed by atoms with Gasteiger partial charge in [0.2, 0.25) is 0 Å². The molecule has 0 spiro atoms. The van der Waals surface area contributed by atoms with Gasteiger partial charge in [0, 0.05) is 15.9 Å². The van der Waals surface area contributed by atoms with Crippen molar-refractivity contribution in [3.05, 3.63) is 48.3 Å². The minimum Gasteiger partial charge on any atom is -0.302 e. The first-order valence-corrected chi connectivity index (χ1v) is 12.4. The largest absolute Gasteiger partial charge is 0.302 e. The van der Waals surface area contributed by atoms with Gasteiger partial charge in [0.15, 0.2) is 0 Å². The second kappa shape index (κ2) is 6.33. The summed E-state index contributed by atoms with van der Waals surface area (Å²) >= 11 is 3.91. The quantitative estimate of drug-likeness (QED) is 0.331. The van der Waals surface area contributed by atoms with E-state index in [0.717, 1.165) is 23.3 Å². The van der Waals surface area contributed by atoms with E-state index in [2.05, 4.69) is 77.1 Å². The summed E-state index contributed by atoms with van der Waals surface area (Å²) in [7, 11) is 0. The summed E-state index contributed by atoms with van der Waals surface area (Å²) in [5, 5.41) is 0. The molecule has 29 heavy (non-hydrogen) atoms. The number of aromatic nitrogens is 2. The SMILES string of the molecule is C[C@]12CC[C@H](Br)CC1=CC[C@@H]1[C@@H]2CC[C@]2(C)C(n3cnc4ccccc43)=CC[C@@H]12. The Bertz CT molecular complexity index is 1030. The van der Waals surface area contributed by atoms with Gasteiger partial charge in [0.1, 0.15) is 6.33 Å². The van der Waals surface area contributed by atoms with E-state index in [4.69, 9.17) is 4.98 Å². The number of para-hydroxylation sites is 2. The summed E-state index contributed by atoms with van der Waals surface area (Å²) in [6.07, 6.45) is 16.5. The number of nitrogens with zero attached hydrogens (tertiary/aromatic N) is 2. The average Bonchev–Trinajstić information content (AvgIpc) is 3.29. The zero-order valence-corrected chi connectivity index (χ0v) is 19.2. The minimum atomic E-state index is 0.277. The van der Waals surface area contributed by atoms with Crippen molar-refractivity contribution in [1.29, 1.82) is 0 Å².